The normalized spacial score (nSPS) is 10.3. The van der Waals surface area contributed by atoms with Crippen LogP contribution >= 0.6 is 12.2 Å². The van der Waals surface area contributed by atoms with Crippen LogP contribution < -0.4 is 25.6 Å². The number of hydrogen-bond donors (Lipinski definition) is 3. The summed E-state index contributed by atoms with van der Waals surface area (Å²) in [6.07, 6.45) is 1.97. The highest BCUT2D eigenvalue weighted by molar-refractivity contribution is 7.80. The van der Waals surface area contributed by atoms with Gasteiger partial charge in [0.15, 0.2) is 11.7 Å². The number of unbranched alkanes of at least 4 members (excludes halogenated alkanes) is 1. The van der Waals surface area contributed by atoms with Gasteiger partial charge in [0.25, 0.3) is 11.8 Å². The van der Waals surface area contributed by atoms with Gasteiger partial charge in [0, 0.05) is 5.56 Å². The van der Waals surface area contributed by atoms with E-state index in [1.165, 1.54) is 5.56 Å². The largest absolute Gasteiger partial charge is 0.494 e. The number of amides is 2. The van der Waals surface area contributed by atoms with Crippen LogP contribution in [0.1, 0.15) is 55.5 Å². The van der Waals surface area contributed by atoms with Gasteiger partial charge >= 0.3 is 0 Å². The minimum Gasteiger partial charge on any atom is -0.494 e. The first kappa shape index (κ1) is 24.1. The van der Waals surface area contributed by atoms with E-state index in [2.05, 4.69) is 36.9 Å². The maximum absolute atomic E-state index is 12.3. The topological polar surface area (TPSA) is 88.7 Å². The van der Waals surface area contributed by atoms with Crippen LogP contribution in [0.15, 0.2) is 48.5 Å². The van der Waals surface area contributed by atoms with E-state index in [1.54, 1.807) is 24.3 Å². The van der Waals surface area contributed by atoms with Crippen LogP contribution in [-0.4, -0.2) is 30.1 Å². The van der Waals surface area contributed by atoms with Crippen LogP contribution in [0, 0.1) is 0 Å². The van der Waals surface area contributed by atoms with Gasteiger partial charge in [-0.3, -0.25) is 25.8 Å². The number of thiocarbonyl (C=S) groups is 1. The smallest absolute Gasteiger partial charge is 0.276 e. The van der Waals surface area contributed by atoms with Gasteiger partial charge < -0.3 is 9.47 Å². The summed E-state index contributed by atoms with van der Waals surface area (Å²) in [6.45, 7) is 6.69. The Morgan fingerprint density at radius 2 is 1.74 bits per heavy atom. The number of benzene rings is 2. The van der Waals surface area contributed by atoms with Crippen LogP contribution in [0.25, 0.3) is 0 Å². The van der Waals surface area contributed by atoms with Crippen LogP contribution in [-0.2, 0) is 4.79 Å². The summed E-state index contributed by atoms with van der Waals surface area (Å²) in [5.74, 6) is 0.794. The first-order valence-electron chi connectivity index (χ1n) is 10.2. The second-order valence-electron chi connectivity index (χ2n) is 7.20. The lowest BCUT2D eigenvalue weighted by molar-refractivity contribution is -0.123. The summed E-state index contributed by atoms with van der Waals surface area (Å²) in [5.41, 5.74) is 6.47. The fraction of sp³-hybridized carbons (Fsp3) is 0.348. The van der Waals surface area contributed by atoms with E-state index in [-0.39, 0.29) is 11.7 Å². The van der Waals surface area contributed by atoms with Crippen molar-refractivity contribution in [1.29, 1.82) is 0 Å². The first-order valence-corrected chi connectivity index (χ1v) is 10.7. The molecule has 0 fully saturated rings. The summed E-state index contributed by atoms with van der Waals surface area (Å²) in [5, 5.41) is 2.48. The average molecular weight is 444 g/mol. The molecular formula is C23H29N3O4S. The number of carbonyl (C=O) groups is 2. The molecule has 0 aliphatic heterocycles. The zero-order chi connectivity index (χ0) is 22.6. The van der Waals surface area contributed by atoms with Crippen molar-refractivity contribution in [2.24, 2.45) is 0 Å². The highest BCUT2D eigenvalue weighted by Crippen LogP contribution is 2.18. The molecule has 8 heteroatoms. The Balaban J connectivity index is 1.73. The fourth-order valence-corrected chi connectivity index (χ4v) is 2.67. The monoisotopic (exact) mass is 443 g/mol. The van der Waals surface area contributed by atoms with Gasteiger partial charge in [-0.15, -0.1) is 0 Å². The van der Waals surface area contributed by atoms with E-state index in [1.807, 2.05) is 24.3 Å². The first-order chi connectivity index (χ1) is 14.9. The van der Waals surface area contributed by atoms with Gasteiger partial charge in [-0.05, 0) is 60.5 Å². The molecule has 0 atom stereocenters. The molecular weight excluding hydrogens is 414 g/mol. The second-order valence-corrected chi connectivity index (χ2v) is 7.61. The minimum atomic E-state index is -0.434. The molecule has 7 nitrogen and oxygen atoms in total. The Labute approximate surface area is 188 Å². The number of nitrogens with one attached hydrogen (secondary N) is 3. The molecule has 0 heterocycles. The van der Waals surface area contributed by atoms with Crippen LogP contribution in [0.4, 0.5) is 0 Å². The minimum absolute atomic E-state index is 0.0306. The van der Waals surface area contributed by atoms with Gasteiger partial charge in [0.2, 0.25) is 0 Å². The Morgan fingerprint density at radius 3 is 2.42 bits per heavy atom. The molecule has 0 saturated heterocycles. The molecule has 166 valence electrons. The van der Waals surface area contributed by atoms with E-state index < -0.39 is 11.8 Å². The fourth-order valence-electron chi connectivity index (χ4n) is 2.53. The number of hydrazine groups is 1. The lowest BCUT2D eigenvalue weighted by Gasteiger charge is -2.12. The van der Waals surface area contributed by atoms with Crippen molar-refractivity contribution in [2.75, 3.05) is 13.2 Å². The number of hydrogen-bond acceptors (Lipinski definition) is 5. The predicted octanol–water partition coefficient (Wildman–Crippen LogP) is 3.70. The van der Waals surface area contributed by atoms with Crippen molar-refractivity contribution in [3.63, 3.8) is 0 Å². The molecule has 2 amide bonds. The average Bonchev–Trinajstić information content (AvgIpc) is 2.77. The lowest BCUT2D eigenvalue weighted by atomic mass is 10.0. The predicted molar refractivity (Wildman–Crippen MR) is 124 cm³/mol. The molecule has 0 radical (unpaired) electrons. The van der Waals surface area contributed by atoms with E-state index in [4.69, 9.17) is 21.7 Å². The zero-order valence-corrected chi connectivity index (χ0v) is 18.9. The molecule has 0 saturated carbocycles. The van der Waals surface area contributed by atoms with Crippen LogP contribution in [0.3, 0.4) is 0 Å². The second kappa shape index (κ2) is 12.5. The quantitative estimate of drug-likeness (QED) is 0.311. The van der Waals surface area contributed by atoms with Gasteiger partial charge in [-0.25, -0.2) is 0 Å². The highest BCUT2D eigenvalue weighted by atomic mass is 32.1. The Morgan fingerprint density at radius 1 is 1.00 bits per heavy atom. The molecule has 0 unspecified atom stereocenters. The van der Waals surface area contributed by atoms with E-state index in [9.17, 15) is 9.59 Å². The lowest BCUT2D eigenvalue weighted by Crippen LogP contribution is -2.49. The van der Waals surface area contributed by atoms with Gasteiger partial charge in [-0.1, -0.05) is 45.4 Å². The highest BCUT2D eigenvalue weighted by Gasteiger charge is 2.10. The van der Waals surface area contributed by atoms with Gasteiger partial charge in [-0.2, -0.15) is 0 Å². The van der Waals surface area contributed by atoms with E-state index >= 15 is 0 Å². The van der Waals surface area contributed by atoms with Crippen molar-refractivity contribution in [1.82, 2.24) is 16.2 Å². The van der Waals surface area contributed by atoms with E-state index in [0.717, 1.165) is 12.8 Å². The molecule has 3 N–H and O–H groups in total. The standard InChI is InChI=1S/C23H29N3O4S/c1-4-5-13-29-20-8-6-7-18(14-20)22(28)24-23(31)26-25-21(27)15-30-19-11-9-17(10-12-19)16(2)3/h6-12,14,16H,4-5,13,15H2,1-3H3,(H,25,27)(H2,24,26,28,31). The van der Waals surface area contributed by atoms with Crippen molar-refractivity contribution >= 4 is 29.1 Å². The van der Waals surface area contributed by atoms with Crippen LogP contribution in [0.5, 0.6) is 11.5 Å². The molecule has 0 aliphatic carbocycles. The Hall–Kier alpha value is -3.13. The SMILES string of the molecule is CCCCOc1cccc(C(=O)NC(=S)NNC(=O)COc2ccc(C(C)C)cc2)c1. The molecule has 2 aromatic carbocycles. The summed E-state index contributed by atoms with van der Waals surface area (Å²) >= 11 is 5.05. The third kappa shape index (κ3) is 8.64. The van der Waals surface area contributed by atoms with Crippen LogP contribution in [0.2, 0.25) is 0 Å². The van der Waals surface area contributed by atoms with Gasteiger partial charge in [0.1, 0.15) is 11.5 Å². The van der Waals surface area contributed by atoms with Crippen molar-refractivity contribution < 1.29 is 19.1 Å². The summed E-state index contributed by atoms with van der Waals surface area (Å²) in [7, 11) is 0. The summed E-state index contributed by atoms with van der Waals surface area (Å²) in [4.78, 5) is 24.3. The third-order valence-corrected chi connectivity index (χ3v) is 4.53. The maximum atomic E-state index is 12.3. The third-order valence-electron chi connectivity index (χ3n) is 4.32. The van der Waals surface area contributed by atoms with Crippen molar-refractivity contribution in [2.45, 2.75) is 39.5 Å². The maximum Gasteiger partial charge on any atom is 0.276 e. The Kier molecular flexibility index (Phi) is 9.77. The van der Waals surface area contributed by atoms with Crippen molar-refractivity contribution in [3.8, 4) is 11.5 Å². The zero-order valence-electron chi connectivity index (χ0n) is 18.1. The molecule has 31 heavy (non-hydrogen) atoms. The number of carbonyl (C=O) groups excluding carboxylic acids is 2. The molecule has 0 aromatic heterocycles. The van der Waals surface area contributed by atoms with Gasteiger partial charge in [0.05, 0.1) is 6.61 Å². The molecule has 2 rings (SSSR count). The molecule has 0 aliphatic rings. The Bertz CT molecular complexity index is 885. The number of rotatable bonds is 9. The summed E-state index contributed by atoms with van der Waals surface area (Å²) < 4.78 is 11.0. The molecule has 0 spiro atoms. The molecule has 2 aromatic rings. The summed E-state index contributed by atoms with van der Waals surface area (Å²) in [6, 6.07) is 14.4. The number of ether oxygens (including phenoxy) is 2. The van der Waals surface area contributed by atoms with Crippen molar-refractivity contribution in [3.05, 3.63) is 59.7 Å². The van der Waals surface area contributed by atoms with E-state index in [0.29, 0.717) is 29.6 Å². The molecule has 0 bridgehead atoms.